The second kappa shape index (κ2) is 7.38. The first kappa shape index (κ1) is 15.0. The van der Waals surface area contributed by atoms with E-state index in [-0.39, 0.29) is 5.91 Å². The quantitative estimate of drug-likeness (QED) is 0.783. The summed E-state index contributed by atoms with van der Waals surface area (Å²) in [7, 11) is 1.63. The van der Waals surface area contributed by atoms with Crippen molar-refractivity contribution in [1.82, 2.24) is 19.7 Å². The lowest BCUT2D eigenvalue weighted by molar-refractivity contribution is -0.133. The molecule has 0 N–H and O–H groups in total. The molecular weight excluding hydrogens is 256 g/mol. The molecule has 1 aliphatic heterocycles. The first-order valence-corrected chi connectivity index (χ1v) is 7.38. The van der Waals surface area contributed by atoms with Gasteiger partial charge >= 0.3 is 0 Å². The third kappa shape index (κ3) is 3.79. The SMILES string of the molecule is CCn1cnnc1CC1CCCN(C(=O)CCOC)C1. The average molecular weight is 280 g/mol. The third-order valence-corrected chi connectivity index (χ3v) is 3.90. The van der Waals surface area contributed by atoms with Gasteiger partial charge in [0.2, 0.25) is 5.91 Å². The number of ether oxygens (including phenoxy) is 1. The fourth-order valence-electron chi connectivity index (χ4n) is 2.77. The van der Waals surface area contributed by atoms with Crippen LogP contribution in [0.25, 0.3) is 0 Å². The molecule has 0 bridgehead atoms. The second-order valence-electron chi connectivity index (χ2n) is 5.33. The van der Waals surface area contributed by atoms with E-state index in [2.05, 4.69) is 21.7 Å². The van der Waals surface area contributed by atoms with Crippen molar-refractivity contribution in [2.24, 2.45) is 5.92 Å². The van der Waals surface area contributed by atoms with Gasteiger partial charge < -0.3 is 14.2 Å². The van der Waals surface area contributed by atoms with Crippen LogP contribution in [-0.2, 0) is 22.5 Å². The Morgan fingerprint density at radius 3 is 3.15 bits per heavy atom. The normalized spacial score (nSPS) is 19.3. The molecule has 0 aromatic carbocycles. The lowest BCUT2D eigenvalue weighted by atomic mass is 9.94. The molecule has 0 saturated carbocycles. The zero-order valence-electron chi connectivity index (χ0n) is 12.4. The molecule has 0 spiro atoms. The topological polar surface area (TPSA) is 60.2 Å². The van der Waals surface area contributed by atoms with Crippen molar-refractivity contribution < 1.29 is 9.53 Å². The van der Waals surface area contributed by atoms with Crippen LogP contribution in [0.1, 0.15) is 32.0 Å². The summed E-state index contributed by atoms with van der Waals surface area (Å²) in [5.41, 5.74) is 0. The molecule has 1 fully saturated rings. The number of carbonyl (C=O) groups is 1. The van der Waals surface area contributed by atoms with Crippen LogP contribution in [0.4, 0.5) is 0 Å². The van der Waals surface area contributed by atoms with Crippen LogP contribution in [-0.4, -0.2) is 52.4 Å². The Morgan fingerprint density at radius 2 is 2.40 bits per heavy atom. The van der Waals surface area contributed by atoms with Gasteiger partial charge in [-0.1, -0.05) is 0 Å². The van der Waals surface area contributed by atoms with Crippen LogP contribution in [0, 0.1) is 5.92 Å². The van der Waals surface area contributed by atoms with Gasteiger partial charge in [0.25, 0.3) is 0 Å². The van der Waals surface area contributed by atoms with Crippen molar-refractivity contribution in [2.45, 2.75) is 39.2 Å². The third-order valence-electron chi connectivity index (χ3n) is 3.90. The molecule has 1 aromatic rings. The Bertz CT molecular complexity index is 433. The van der Waals surface area contributed by atoms with Crippen molar-refractivity contribution in [3.63, 3.8) is 0 Å². The zero-order chi connectivity index (χ0) is 14.4. The highest BCUT2D eigenvalue weighted by Gasteiger charge is 2.24. The molecule has 1 aliphatic rings. The van der Waals surface area contributed by atoms with E-state index in [4.69, 9.17) is 4.74 Å². The minimum atomic E-state index is 0.202. The van der Waals surface area contributed by atoms with E-state index in [1.54, 1.807) is 13.4 Å². The van der Waals surface area contributed by atoms with Gasteiger partial charge in [-0.3, -0.25) is 4.79 Å². The van der Waals surface area contributed by atoms with Gasteiger partial charge in [0, 0.05) is 33.2 Å². The molecule has 20 heavy (non-hydrogen) atoms. The highest BCUT2D eigenvalue weighted by molar-refractivity contribution is 5.76. The maximum absolute atomic E-state index is 12.0. The van der Waals surface area contributed by atoms with Gasteiger partial charge in [0.15, 0.2) is 0 Å². The molecule has 2 rings (SSSR count). The smallest absolute Gasteiger partial charge is 0.224 e. The van der Waals surface area contributed by atoms with Gasteiger partial charge in [-0.2, -0.15) is 0 Å². The van der Waals surface area contributed by atoms with E-state index in [1.807, 2.05) is 4.90 Å². The van der Waals surface area contributed by atoms with Crippen molar-refractivity contribution in [1.29, 1.82) is 0 Å². The number of rotatable bonds is 6. The number of aromatic nitrogens is 3. The largest absolute Gasteiger partial charge is 0.384 e. The van der Waals surface area contributed by atoms with Crippen LogP contribution >= 0.6 is 0 Å². The zero-order valence-corrected chi connectivity index (χ0v) is 12.4. The Morgan fingerprint density at radius 1 is 1.55 bits per heavy atom. The number of nitrogens with zero attached hydrogens (tertiary/aromatic N) is 4. The lowest BCUT2D eigenvalue weighted by Crippen LogP contribution is -2.41. The number of likely N-dealkylation sites (tertiary alicyclic amines) is 1. The minimum absolute atomic E-state index is 0.202. The first-order valence-electron chi connectivity index (χ1n) is 7.38. The van der Waals surface area contributed by atoms with Crippen LogP contribution in [0.5, 0.6) is 0 Å². The number of hydrogen-bond acceptors (Lipinski definition) is 4. The fraction of sp³-hybridized carbons (Fsp3) is 0.786. The van der Waals surface area contributed by atoms with E-state index in [0.29, 0.717) is 18.9 Å². The van der Waals surface area contributed by atoms with Crippen molar-refractivity contribution >= 4 is 5.91 Å². The molecule has 1 aromatic heterocycles. The predicted molar refractivity (Wildman–Crippen MR) is 75.2 cm³/mol. The highest BCUT2D eigenvalue weighted by Crippen LogP contribution is 2.20. The van der Waals surface area contributed by atoms with Gasteiger partial charge in [-0.05, 0) is 25.7 Å². The molecule has 6 heteroatoms. The number of piperidine rings is 1. The molecule has 1 amide bonds. The van der Waals surface area contributed by atoms with Crippen molar-refractivity contribution in [3.05, 3.63) is 12.2 Å². The molecule has 0 aliphatic carbocycles. The van der Waals surface area contributed by atoms with Gasteiger partial charge in [0.1, 0.15) is 12.2 Å². The molecule has 1 saturated heterocycles. The lowest BCUT2D eigenvalue weighted by Gasteiger charge is -2.32. The molecule has 1 atom stereocenters. The van der Waals surface area contributed by atoms with E-state index in [9.17, 15) is 4.79 Å². The number of hydrogen-bond donors (Lipinski definition) is 0. The molecule has 1 unspecified atom stereocenters. The van der Waals surface area contributed by atoms with Crippen LogP contribution < -0.4 is 0 Å². The summed E-state index contributed by atoms with van der Waals surface area (Å²) in [4.78, 5) is 14.0. The molecule has 112 valence electrons. The number of aryl methyl sites for hydroxylation is 1. The minimum Gasteiger partial charge on any atom is -0.384 e. The van der Waals surface area contributed by atoms with Crippen LogP contribution in [0.2, 0.25) is 0 Å². The van der Waals surface area contributed by atoms with Gasteiger partial charge in [-0.25, -0.2) is 0 Å². The van der Waals surface area contributed by atoms with Gasteiger partial charge in [-0.15, -0.1) is 10.2 Å². The summed E-state index contributed by atoms with van der Waals surface area (Å²) < 4.78 is 7.05. The predicted octanol–water partition coefficient (Wildman–Crippen LogP) is 1.12. The molecule has 0 radical (unpaired) electrons. The Labute approximate surface area is 120 Å². The second-order valence-corrected chi connectivity index (χ2v) is 5.33. The van der Waals surface area contributed by atoms with E-state index in [0.717, 1.165) is 44.7 Å². The average Bonchev–Trinajstić information content (AvgIpc) is 2.92. The van der Waals surface area contributed by atoms with E-state index in [1.165, 1.54) is 0 Å². The maximum Gasteiger partial charge on any atom is 0.224 e. The summed E-state index contributed by atoms with van der Waals surface area (Å²) in [5.74, 6) is 1.72. The maximum atomic E-state index is 12.0. The van der Waals surface area contributed by atoms with E-state index < -0.39 is 0 Å². The van der Waals surface area contributed by atoms with Crippen LogP contribution in [0.15, 0.2) is 6.33 Å². The Kier molecular flexibility index (Phi) is 5.52. The van der Waals surface area contributed by atoms with Gasteiger partial charge in [0.05, 0.1) is 13.0 Å². The van der Waals surface area contributed by atoms with Crippen molar-refractivity contribution in [3.8, 4) is 0 Å². The monoisotopic (exact) mass is 280 g/mol. The summed E-state index contributed by atoms with van der Waals surface area (Å²) in [6, 6.07) is 0. The van der Waals surface area contributed by atoms with Crippen molar-refractivity contribution in [2.75, 3.05) is 26.8 Å². The molecular formula is C14H24N4O2. The fourth-order valence-corrected chi connectivity index (χ4v) is 2.77. The van der Waals surface area contributed by atoms with E-state index >= 15 is 0 Å². The summed E-state index contributed by atoms with van der Waals surface area (Å²) >= 11 is 0. The molecule has 2 heterocycles. The Balaban J connectivity index is 1.88. The number of amides is 1. The summed E-state index contributed by atoms with van der Waals surface area (Å²) in [6.07, 6.45) is 5.39. The molecule has 6 nitrogen and oxygen atoms in total. The Hall–Kier alpha value is -1.43. The standard InChI is InChI=1S/C14H24N4O2/c1-3-17-11-15-16-13(17)9-12-5-4-7-18(10-12)14(19)6-8-20-2/h11-12H,3-10H2,1-2H3. The number of methoxy groups -OCH3 is 1. The summed E-state index contributed by atoms with van der Waals surface area (Å²) in [6.45, 7) is 5.20. The van der Waals surface area contributed by atoms with Crippen LogP contribution in [0.3, 0.4) is 0 Å². The number of carbonyl (C=O) groups excluding carboxylic acids is 1. The highest BCUT2D eigenvalue weighted by atomic mass is 16.5. The first-order chi connectivity index (χ1) is 9.74. The summed E-state index contributed by atoms with van der Waals surface area (Å²) in [5, 5.41) is 8.16.